The summed E-state index contributed by atoms with van der Waals surface area (Å²) in [6.45, 7) is 4.98. The van der Waals surface area contributed by atoms with Gasteiger partial charge >= 0.3 is 0 Å². The van der Waals surface area contributed by atoms with Crippen molar-refractivity contribution >= 4 is 27.5 Å². The second-order valence-electron chi connectivity index (χ2n) is 5.99. The molecule has 1 saturated heterocycles. The zero-order valence-corrected chi connectivity index (χ0v) is 13.6. The Morgan fingerprint density at radius 2 is 2.32 bits per heavy atom. The summed E-state index contributed by atoms with van der Waals surface area (Å²) in [7, 11) is 1.94. The summed E-state index contributed by atoms with van der Waals surface area (Å²) < 4.78 is 1.22. The molecule has 2 heterocycles. The lowest BCUT2D eigenvalue weighted by Crippen LogP contribution is -2.26. The lowest BCUT2D eigenvalue weighted by molar-refractivity contribution is -0.119. The van der Waals surface area contributed by atoms with Crippen LogP contribution in [0.2, 0.25) is 0 Å². The smallest absolute Gasteiger partial charge is 0.225 e. The summed E-state index contributed by atoms with van der Waals surface area (Å²) in [4.78, 5) is 16.2. The largest absolute Gasteiger partial charge is 0.330 e. The molecule has 0 bridgehead atoms. The fourth-order valence-electron chi connectivity index (χ4n) is 3.17. The molecule has 1 aliphatic rings. The normalized spacial score (nSPS) is 21.5. The number of amides is 1. The van der Waals surface area contributed by atoms with Gasteiger partial charge < -0.3 is 10.6 Å². The van der Waals surface area contributed by atoms with Gasteiger partial charge in [0.25, 0.3) is 0 Å². The second kappa shape index (κ2) is 6.18. The van der Waals surface area contributed by atoms with Crippen LogP contribution in [0.3, 0.4) is 0 Å². The first-order valence-corrected chi connectivity index (χ1v) is 8.47. The van der Waals surface area contributed by atoms with E-state index in [1.807, 2.05) is 12.6 Å². The van der Waals surface area contributed by atoms with E-state index in [9.17, 15) is 4.79 Å². The Kier molecular flexibility index (Phi) is 4.27. The van der Waals surface area contributed by atoms with Crippen LogP contribution in [0, 0.1) is 5.41 Å². The molecule has 5 heteroatoms. The molecular formula is C17H21N3OS. The highest BCUT2D eigenvalue weighted by Crippen LogP contribution is 2.41. The number of allylic oxidation sites excluding steroid dienone is 1. The number of carbonyl (C=O) groups is 1. The highest BCUT2D eigenvalue weighted by atomic mass is 32.1. The minimum Gasteiger partial charge on any atom is -0.330 e. The van der Waals surface area contributed by atoms with Crippen LogP contribution < -0.4 is 10.6 Å². The van der Waals surface area contributed by atoms with Gasteiger partial charge in [0.05, 0.1) is 15.7 Å². The van der Waals surface area contributed by atoms with Gasteiger partial charge in [0.1, 0.15) is 0 Å². The number of thiazole rings is 1. The fraction of sp³-hybridized carbons (Fsp3) is 0.412. The molecule has 4 nitrogen and oxygen atoms in total. The van der Waals surface area contributed by atoms with Crippen molar-refractivity contribution in [3.63, 3.8) is 0 Å². The molecule has 0 spiro atoms. The van der Waals surface area contributed by atoms with Crippen molar-refractivity contribution in [3.05, 3.63) is 41.5 Å². The number of fused-ring (bicyclic) bond motifs is 1. The molecule has 1 atom stereocenters. The third kappa shape index (κ3) is 2.91. The standard InChI is InChI=1S/C17H21N3OS/c1-12-17(7-8-18-2,10-16(21)20-12)6-5-13-3-4-15-14(9-13)19-11-22-15/h3-4,9,11,18H,1,5-8,10H2,2H3,(H,20,21). The van der Waals surface area contributed by atoms with E-state index < -0.39 is 0 Å². The maximum absolute atomic E-state index is 11.8. The van der Waals surface area contributed by atoms with Gasteiger partial charge in [-0.25, -0.2) is 4.98 Å². The number of aryl methyl sites for hydroxylation is 1. The molecule has 1 fully saturated rings. The number of hydrogen-bond donors (Lipinski definition) is 2. The number of rotatable bonds is 6. The van der Waals surface area contributed by atoms with Gasteiger partial charge in [0, 0.05) is 17.5 Å². The van der Waals surface area contributed by atoms with Crippen LogP contribution in [0.4, 0.5) is 0 Å². The van der Waals surface area contributed by atoms with Crippen LogP contribution in [0.15, 0.2) is 36.0 Å². The minimum atomic E-state index is -0.128. The van der Waals surface area contributed by atoms with Crippen LogP contribution in [0.5, 0.6) is 0 Å². The molecule has 1 unspecified atom stereocenters. The molecule has 22 heavy (non-hydrogen) atoms. The van der Waals surface area contributed by atoms with Crippen molar-refractivity contribution in [2.24, 2.45) is 5.41 Å². The molecular weight excluding hydrogens is 294 g/mol. The summed E-state index contributed by atoms with van der Waals surface area (Å²) in [6, 6.07) is 6.46. The Morgan fingerprint density at radius 3 is 3.05 bits per heavy atom. The molecule has 2 N–H and O–H groups in total. The molecule has 3 rings (SSSR count). The quantitative estimate of drug-likeness (QED) is 0.862. The zero-order valence-electron chi connectivity index (χ0n) is 12.8. The molecule has 0 aliphatic carbocycles. The molecule has 0 saturated carbocycles. The van der Waals surface area contributed by atoms with Crippen molar-refractivity contribution in [2.75, 3.05) is 13.6 Å². The van der Waals surface area contributed by atoms with Crippen LogP contribution in [0.25, 0.3) is 10.2 Å². The Labute approximate surface area is 134 Å². The monoisotopic (exact) mass is 315 g/mol. The number of hydrogen-bond acceptors (Lipinski definition) is 4. The van der Waals surface area contributed by atoms with Crippen molar-refractivity contribution in [3.8, 4) is 0 Å². The first-order valence-electron chi connectivity index (χ1n) is 7.59. The Morgan fingerprint density at radius 1 is 1.45 bits per heavy atom. The average Bonchev–Trinajstić information content (AvgIpc) is 3.07. The second-order valence-corrected chi connectivity index (χ2v) is 6.88. The number of carbonyl (C=O) groups excluding carboxylic acids is 1. The number of nitrogens with zero attached hydrogens (tertiary/aromatic N) is 1. The molecule has 116 valence electrons. The van der Waals surface area contributed by atoms with E-state index in [0.29, 0.717) is 6.42 Å². The van der Waals surface area contributed by atoms with Gasteiger partial charge in [-0.05, 0) is 50.6 Å². The maximum Gasteiger partial charge on any atom is 0.225 e. The van der Waals surface area contributed by atoms with Gasteiger partial charge in [0.15, 0.2) is 0 Å². The Bertz CT molecular complexity index is 709. The van der Waals surface area contributed by atoms with Crippen LogP contribution in [-0.4, -0.2) is 24.5 Å². The van der Waals surface area contributed by atoms with Gasteiger partial charge in [-0.15, -0.1) is 11.3 Å². The van der Waals surface area contributed by atoms with E-state index in [-0.39, 0.29) is 11.3 Å². The summed E-state index contributed by atoms with van der Waals surface area (Å²) >= 11 is 1.66. The first-order chi connectivity index (χ1) is 10.6. The van der Waals surface area contributed by atoms with E-state index in [1.165, 1.54) is 10.3 Å². The first kappa shape index (κ1) is 15.2. The van der Waals surface area contributed by atoms with Gasteiger partial charge in [-0.2, -0.15) is 0 Å². The van der Waals surface area contributed by atoms with Gasteiger partial charge in [-0.3, -0.25) is 4.79 Å². The van der Waals surface area contributed by atoms with Crippen molar-refractivity contribution < 1.29 is 4.79 Å². The van der Waals surface area contributed by atoms with Crippen molar-refractivity contribution in [1.82, 2.24) is 15.6 Å². The molecule has 1 aromatic carbocycles. The van der Waals surface area contributed by atoms with E-state index >= 15 is 0 Å². The van der Waals surface area contributed by atoms with Crippen LogP contribution in [0.1, 0.15) is 24.8 Å². The topological polar surface area (TPSA) is 54.0 Å². The minimum absolute atomic E-state index is 0.0936. The Balaban J connectivity index is 1.75. The summed E-state index contributed by atoms with van der Waals surface area (Å²) in [5.41, 5.74) is 4.96. The lowest BCUT2D eigenvalue weighted by atomic mass is 9.76. The fourth-order valence-corrected chi connectivity index (χ4v) is 3.83. The molecule has 1 aliphatic heterocycles. The van der Waals surface area contributed by atoms with Crippen molar-refractivity contribution in [2.45, 2.75) is 25.7 Å². The van der Waals surface area contributed by atoms with E-state index in [0.717, 1.165) is 37.0 Å². The SMILES string of the molecule is C=C1NC(=O)CC1(CCNC)CCc1ccc2scnc2c1. The van der Waals surface area contributed by atoms with E-state index in [4.69, 9.17) is 0 Å². The van der Waals surface area contributed by atoms with Gasteiger partial charge in [0.2, 0.25) is 5.91 Å². The predicted molar refractivity (Wildman–Crippen MR) is 90.8 cm³/mol. The summed E-state index contributed by atoms with van der Waals surface area (Å²) in [5, 5.41) is 6.09. The average molecular weight is 315 g/mol. The maximum atomic E-state index is 11.8. The summed E-state index contributed by atoms with van der Waals surface area (Å²) in [6.07, 6.45) is 3.35. The van der Waals surface area contributed by atoms with Crippen LogP contribution >= 0.6 is 11.3 Å². The highest BCUT2D eigenvalue weighted by molar-refractivity contribution is 7.16. The van der Waals surface area contributed by atoms with Gasteiger partial charge in [-0.1, -0.05) is 12.6 Å². The third-order valence-corrected chi connectivity index (χ3v) is 5.38. The summed E-state index contributed by atoms with van der Waals surface area (Å²) in [5.74, 6) is 0.0936. The molecule has 1 aromatic heterocycles. The van der Waals surface area contributed by atoms with E-state index in [1.54, 1.807) is 11.3 Å². The third-order valence-electron chi connectivity index (χ3n) is 4.57. The number of benzene rings is 1. The van der Waals surface area contributed by atoms with E-state index in [2.05, 4.69) is 40.4 Å². The Hall–Kier alpha value is -1.72. The van der Waals surface area contributed by atoms with Crippen molar-refractivity contribution in [1.29, 1.82) is 0 Å². The zero-order chi connectivity index (χ0) is 15.6. The van der Waals surface area contributed by atoms with Crippen LogP contribution in [-0.2, 0) is 11.2 Å². The highest BCUT2D eigenvalue weighted by Gasteiger charge is 2.40. The molecule has 1 amide bonds. The predicted octanol–water partition coefficient (Wildman–Crippen LogP) is 2.86. The number of nitrogens with one attached hydrogen (secondary N) is 2. The molecule has 0 radical (unpaired) electrons. The molecule has 2 aromatic rings. The number of aromatic nitrogens is 1. The lowest BCUT2D eigenvalue weighted by Gasteiger charge is -2.28.